The number of ether oxygens (including phenoxy) is 2. The molecule has 0 aliphatic rings. The van der Waals surface area contributed by atoms with Crippen molar-refractivity contribution in [2.24, 2.45) is 0 Å². The minimum absolute atomic E-state index is 0.134. The zero-order valence-electron chi connectivity index (χ0n) is 19.3. The highest BCUT2D eigenvalue weighted by Crippen LogP contribution is 2.28. The van der Waals surface area contributed by atoms with Crippen molar-refractivity contribution in [2.75, 3.05) is 21.3 Å². The van der Waals surface area contributed by atoms with Gasteiger partial charge in [-0.2, -0.15) is 0 Å². The zero-order valence-corrected chi connectivity index (χ0v) is 19.3. The maximum absolute atomic E-state index is 13.6. The number of rotatable bonds is 10. The number of nitrogens with zero attached hydrogens (tertiary/aromatic N) is 1. The molecule has 0 heterocycles. The van der Waals surface area contributed by atoms with Gasteiger partial charge in [-0.05, 0) is 28.8 Å². The molecule has 0 aliphatic carbocycles. The summed E-state index contributed by atoms with van der Waals surface area (Å²) in [4.78, 5) is 28.2. The van der Waals surface area contributed by atoms with Crippen LogP contribution in [0.15, 0.2) is 78.9 Å². The molecule has 0 unspecified atom stereocenters. The summed E-state index contributed by atoms with van der Waals surface area (Å²) < 4.78 is 10.7. The van der Waals surface area contributed by atoms with Gasteiger partial charge in [0.1, 0.15) is 6.04 Å². The Bertz CT molecular complexity index is 1050. The van der Waals surface area contributed by atoms with Gasteiger partial charge in [0.2, 0.25) is 11.8 Å². The van der Waals surface area contributed by atoms with Gasteiger partial charge in [0.15, 0.2) is 11.5 Å². The molecule has 3 rings (SSSR count). The third-order valence-corrected chi connectivity index (χ3v) is 5.52. The minimum atomic E-state index is -0.648. The second-order valence-electron chi connectivity index (χ2n) is 7.69. The average molecular weight is 447 g/mol. The molecule has 0 bridgehead atoms. The van der Waals surface area contributed by atoms with Crippen LogP contribution >= 0.6 is 0 Å². The first-order chi connectivity index (χ1) is 16.0. The van der Waals surface area contributed by atoms with E-state index >= 15 is 0 Å². The molecule has 6 nitrogen and oxygen atoms in total. The molecule has 0 saturated heterocycles. The van der Waals surface area contributed by atoms with Crippen LogP contribution in [0.4, 0.5) is 0 Å². The molecule has 0 fully saturated rings. The first-order valence-corrected chi connectivity index (χ1v) is 10.9. The van der Waals surface area contributed by atoms with Gasteiger partial charge in [-0.1, -0.05) is 66.7 Å². The number of benzene rings is 3. The van der Waals surface area contributed by atoms with Crippen LogP contribution in [0.3, 0.4) is 0 Å². The SMILES string of the molecule is CNC(=O)[C@H](Cc1ccccc1)N(Cc1ccccc1)C(=O)Cc1ccc(OC)c(OC)c1. The lowest BCUT2D eigenvalue weighted by molar-refractivity contribution is -0.140. The fourth-order valence-corrected chi connectivity index (χ4v) is 3.77. The molecule has 3 aromatic carbocycles. The molecule has 172 valence electrons. The standard InChI is InChI=1S/C27H30N2O4/c1-28-27(31)23(16-20-10-6-4-7-11-20)29(19-21-12-8-5-9-13-21)26(30)18-22-14-15-24(32-2)25(17-22)33-3/h4-15,17,23H,16,18-19H2,1-3H3,(H,28,31)/t23-/m0/s1. The van der Waals surface area contributed by atoms with Crippen molar-refractivity contribution in [3.05, 3.63) is 95.6 Å². The van der Waals surface area contributed by atoms with Gasteiger partial charge in [0.05, 0.1) is 20.6 Å². The predicted octanol–water partition coefficient (Wildman–Crippen LogP) is 3.63. The molecule has 0 aromatic heterocycles. The minimum Gasteiger partial charge on any atom is -0.493 e. The van der Waals surface area contributed by atoms with Crippen LogP contribution in [0.25, 0.3) is 0 Å². The highest BCUT2D eigenvalue weighted by molar-refractivity contribution is 5.88. The summed E-state index contributed by atoms with van der Waals surface area (Å²) in [5.41, 5.74) is 2.73. The highest BCUT2D eigenvalue weighted by Gasteiger charge is 2.30. The van der Waals surface area contributed by atoms with E-state index in [-0.39, 0.29) is 18.2 Å². The Morgan fingerprint density at radius 2 is 1.42 bits per heavy atom. The Hall–Kier alpha value is -3.80. The molecule has 3 aromatic rings. The van der Waals surface area contributed by atoms with E-state index in [1.807, 2.05) is 66.7 Å². The molecule has 0 spiro atoms. The number of hydrogen-bond acceptors (Lipinski definition) is 4. The van der Waals surface area contributed by atoms with Gasteiger partial charge in [-0.25, -0.2) is 0 Å². The molecule has 33 heavy (non-hydrogen) atoms. The van der Waals surface area contributed by atoms with Gasteiger partial charge < -0.3 is 19.7 Å². The van der Waals surface area contributed by atoms with Crippen molar-refractivity contribution in [2.45, 2.75) is 25.4 Å². The Balaban J connectivity index is 1.93. The molecule has 0 radical (unpaired) electrons. The second-order valence-corrected chi connectivity index (χ2v) is 7.69. The van der Waals surface area contributed by atoms with Crippen LogP contribution in [-0.2, 0) is 29.0 Å². The number of methoxy groups -OCH3 is 2. The largest absolute Gasteiger partial charge is 0.493 e. The van der Waals surface area contributed by atoms with Crippen molar-refractivity contribution >= 4 is 11.8 Å². The maximum atomic E-state index is 13.6. The normalized spacial score (nSPS) is 11.4. The van der Waals surface area contributed by atoms with Crippen LogP contribution in [0.5, 0.6) is 11.5 Å². The number of hydrogen-bond donors (Lipinski definition) is 1. The zero-order chi connectivity index (χ0) is 23.6. The van der Waals surface area contributed by atoms with Crippen LogP contribution in [0.2, 0.25) is 0 Å². The lowest BCUT2D eigenvalue weighted by Gasteiger charge is -2.31. The van der Waals surface area contributed by atoms with E-state index in [1.54, 1.807) is 38.3 Å². The van der Waals surface area contributed by atoms with E-state index in [4.69, 9.17) is 9.47 Å². The van der Waals surface area contributed by atoms with Crippen LogP contribution in [0, 0.1) is 0 Å². The Morgan fingerprint density at radius 1 is 0.818 bits per heavy atom. The summed E-state index contributed by atoms with van der Waals surface area (Å²) in [6.07, 6.45) is 0.556. The van der Waals surface area contributed by atoms with E-state index in [0.29, 0.717) is 24.5 Å². The molecule has 0 saturated carbocycles. The van der Waals surface area contributed by atoms with Crippen molar-refractivity contribution in [3.8, 4) is 11.5 Å². The summed E-state index contributed by atoms with van der Waals surface area (Å²) in [5.74, 6) is 0.817. The van der Waals surface area contributed by atoms with Crippen molar-refractivity contribution < 1.29 is 19.1 Å². The maximum Gasteiger partial charge on any atom is 0.242 e. The quantitative estimate of drug-likeness (QED) is 0.516. The molecule has 2 amide bonds. The second kappa shape index (κ2) is 11.7. The number of carbonyl (C=O) groups excluding carboxylic acids is 2. The lowest BCUT2D eigenvalue weighted by Crippen LogP contribution is -2.50. The smallest absolute Gasteiger partial charge is 0.242 e. The van der Waals surface area contributed by atoms with E-state index in [9.17, 15) is 9.59 Å². The molecule has 6 heteroatoms. The number of amides is 2. The number of carbonyl (C=O) groups is 2. The summed E-state index contributed by atoms with van der Waals surface area (Å²) in [7, 11) is 4.73. The van der Waals surface area contributed by atoms with Gasteiger partial charge in [-0.15, -0.1) is 0 Å². The van der Waals surface area contributed by atoms with E-state index in [2.05, 4.69) is 5.32 Å². The molecule has 0 aliphatic heterocycles. The Labute approximate surface area is 195 Å². The predicted molar refractivity (Wildman–Crippen MR) is 128 cm³/mol. The topological polar surface area (TPSA) is 67.9 Å². The van der Waals surface area contributed by atoms with Gasteiger partial charge in [-0.3, -0.25) is 9.59 Å². The lowest BCUT2D eigenvalue weighted by atomic mass is 10.0. The first kappa shape index (κ1) is 23.9. The van der Waals surface area contributed by atoms with Gasteiger partial charge >= 0.3 is 0 Å². The summed E-state index contributed by atoms with van der Waals surface area (Å²) in [5, 5.41) is 2.73. The fraction of sp³-hybridized carbons (Fsp3) is 0.259. The third kappa shape index (κ3) is 6.35. The van der Waals surface area contributed by atoms with Crippen molar-refractivity contribution in [3.63, 3.8) is 0 Å². The fourth-order valence-electron chi connectivity index (χ4n) is 3.77. The van der Waals surface area contributed by atoms with Crippen LogP contribution < -0.4 is 14.8 Å². The van der Waals surface area contributed by atoms with Crippen molar-refractivity contribution in [1.82, 2.24) is 10.2 Å². The number of likely N-dealkylation sites (N-methyl/N-ethyl adjacent to an activating group) is 1. The van der Waals surface area contributed by atoms with Gasteiger partial charge in [0, 0.05) is 20.0 Å². The third-order valence-electron chi connectivity index (χ3n) is 5.52. The van der Waals surface area contributed by atoms with E-state index in [0.717, 1.165) is 16.7 Å². The average Bonchev–Trinajstić information content (AvgIpc) is 2.86. The Morgan fingerprint density at radius 3 is 2.00 bits per heavy atom. The molecule has 1 N–H and O–H groups in total. The molecule has 1 atom stereocenters. The summed E-state index contributed by atoms with van der Waals surface area (Å²) >= 11 is 0. The van der Waals surface area contributed by atoms with E-state index < -0.39 is 6.04 Å². The summed E-state index contributed by atoms with van der Waals surface area (Å²) in [6, 6.07) is 24.2. The Kier molecular flexibility index (Phi) is 8.47. The van der Waals surface area contributed by atoms with E-state index in [1.165, 1.54) is 0 Å². The highest BCUT2D eigenvalue weighted by atomic mass is 16.5. The van der Waals surface area contributed by atoms with Crippen molar-refractivity contribution in [1.29, 1.82) is 0 Å². The molecular formula is C27H30N2O4. The first-order valence-electron chi connectivity index (χ1n) is 10.9. The van der Waals surface area contributed by atoms with Crippen LogP contribution in [-0.4, -0.2) is 44.0 Å². The number of nitrogens with one attached hydrogen (secondary N) is 1. The summed E-state index contributed by atoms with van der Waals surface area (Å²) in [6.45, 7) is 0.331. The molecular weight excluding hydrogens is 416 g/mol. The van der Waals surface area contributed by atoms with Gasteiger partial charge in [0.25, 0.3) is 0 Å². The monoisotopic (exact) mass is 446 g/mol. The van der Waals surface area contributed by atoms with Crippen LogP contribution in [0.1, 0.15) is 16.7 Å².